The Morgan fingerprint density at radius 3 is 2.66 bits per heavy atom. The van der Waals surface area contributed by atoms with Crippen molar-refractivity contribution < 1.29 is 22.7 Å². The van der Waals surface area contributed by atoms with Crippen LogP contribution < -0.4 is 0 Å². The number of rotatable bonds is 5. The zero-order valence-corrected chi connectivity index (χ0v) is 16.9. The van der Waals surface area contributed by atoms with Crippen LogP contribution in [-0.4, -0.2) is 49.6 Å². The molecule has 2 aromatic carbocycles. The molecule has 0 aliphatic carbocycles. The van der Waals surface area contributed by atoms with Crippen LogP contribution in [0.2, 0.25) is 0 Å². The third-order valence-corrected chi connectivity index (χ3v) is 6.89. The maximum absolute atomic E-state index is 12.8. The van der Waals surface area contributed by atoms with Gasteiger partial charge in [0.15, 0.2) is 0 Å². The van der Waals surface area contributed by atoms with Gasteiger partial charge >= 0.3 is 5.97 Å². The lowest BCUT2D eigenvalue weighted by molar-refractivity contribution is 0.0474. The minimum atomic E-state index is -3.59. The summed E-state index contributed by atoms with van der Waals surface area (Å²) < 4.78 is 39.6. The molecule has 1 aliphatic heterocycles. The summed E-state index contributed by atoms with van der Waals surface area (Å²) in [7, 11) is -1.72. The number of hydrogen-bond acceptors (Lipinski definition) is 5. The van der Waals surface area contributed by atoms with Gasteiger partial charge in [0.2, 0.25) is 10.0 Å². The molecule has 4 rings (SSSR count). The number of carbonyl (C=O) groups is 1. The highest BCUT2D eigenvalue weighted by Gasteiger charge is 2.26. The molecule has 0 amide bonds. The van der Waals surface area contributed by atoms with Crippen molar-refractivity contribution in [2.45, 2.75) is 11.5 Å². The molecule has 2 heterocycles. The molecular weight excluding hydrogens is 392 g/mol. The van der Waals surface area contributed by atoms with E-state index in [0.717, 1.165) is 10.9 Å². The number of nitrogens with zero attached hydrogens (tertiary/aromatic N) is 2. The van der Waals surface area contributed by atoms with Crippen LogP contribution in [-0.2, 0) is 33.2 Å². The van der Waals surface area contributed by atoms with Crippen molar-refractivity contribution in [3.8, 4) is 0 Å². The molecular formula is C21H22N2O5S. The lowest BCUT2D eigenvalue weighted by Crippen LogP contribution is -2.40. The molecule has 1 aliphatic rings. The second-order valence-electron chi connectivity index (χ2n) is 6.91. The van der Waals surface area contributed by atoms with Crippen molar-refractivity contribution >= 4 is 26.9 Å². The molecule has 0 saturated carbocycles. The minimum Gasteiger partial charge on any atom is -0.457 e. The monoisotopic (exact) mass is 414 g/mol. The number of aryl methyl sites for hydroxylation is 1. The molecule has 0 spiro atoms. The Morgan fingerprint density at radius 1 is 1.10 bits per heavy atom. The second kappa shape index (κ2) is 7.98. The highest BCUT2D eigenvalue weighted by Crippen LogP contribution is 2.22. The van der Waals surface area contributed by atoms with E-state index in [-0.39, 0.29) is 11.5 Å². The fraction of sp³-hybridized carbons (Fsp3) is 0.286. The van der Waals surface area contributed by atoms with Crippen molar-refractivity contribution in [2.24, 2.45) is 7.05 Å². The van der Waals surface area contributed by atoms with Crippen LogP contribution >= 0.6 is 0 Å². The van der Waals surface area contributed by atoms with Crippen molar-refractivity contribution in [3.05, 3.63) is 65.9 Å². The molecule has 3 aromatic rings. The normalized spacial score (nSPS) is 15.5. The lowest BCUT2D eigenvalue weighted by Gasteiger charge is -2.26. The number of morpholine rings is 1. The number of fused-ring (bicyclic) bond motifs is 1. The Balaban J connectivity index is 1.50. The van der Waals surface area contributed by atoms with Crippen LogP contribution in [0, 0.1) is 0 Å². The molecule has 0 N–H and O–H groups in total. The maximum Gasteiger partial charge on any atom is 0.340 e. The first-order chi connectivity index (χ1) is 14.0. The molecule has 29 heavy (non-hydrogen) atoms. The van der Waals surface area contributed by atoms with Gasteiger partial charge in [-0.05, 0) is 23.8 Å². The first kappa shape index (κ1) is 19.6. The van der Waals surface area contributed by atoms with Gasteiger partial charge in [0.05, 0.1) is 23.7 Å². The van der Waals surface area contributed by atoms with E-state index >= 15 is 0 Å². The molecule has 0 bridgehead atoms. The smallest absolute Gasteiger partial charge is 0.340 e. The van der Waals surface area contributed by atoms with Gasteiger partial charge in [-0.3, -0.25) is 0 Å². The predicted octanol–water partition coefficient (Wildman–Crippen LogP) is 2.56. The van der Waals surface area contributed by atoms with E-state index in [4.69, 9.17) is 9.47 Å². The Bertz CT molecular complexity index is 1150. The topological polar surface area (TPSA) is 77.8 Å². The van der Waals surface area contributed by atoms with Crippen LogP contribution in [0.4, 0.5) is 0 Å². The van der Waals surface area contributed by atoms with E-state index < -0.39 is 16.0 Å². The van der Waals surface area contributed by atoms with E-state index in [1.807, 2.05) is 35.9 Å². The van der Waals surface area contributed by atoms with Crippen LogP contribution in [0.1, 0.15) is 15.9 Å². The van der Waals surface area contributed by atoms with Crippen LogP contribution in [0.5, 0.6) is 0 Å². The van der Waals surface area contributed by atoms with Gasteiger partial charge < -0.3 is 14.0 Å². The van der Waals surface area contributed by atoms with Gasteiger partial charge in [-0.2, -0.15) is 4.31 Å². The number of esters is 1. The van der Waals surface area contributed by atoms with Gasteiger partial charge in [0.25, 0.3) is 0 Å². The summed E-state index contributed by atoms with van der Waals surface area (Å²) in [5, 5.41) is 0.823. The lowest BCUT2D eigenvalue weighted by atomic mass is 10.2. The highest BCUT2D eigenvalue weighted by atomic mass is 32.2. The zero-order valence-electron chi connectivity index (χ0n) is 16.1. The summed E-state index contributed by atoms with van der Waals surface area (Å²) in [5.74, 6) is -0.441. The van der Waals surface area contributed by atoms with Crippen LogP contribution in [0.3, 0.4) is 0 Å². The third kappa shape index (κ3) is 3.91. The Morgan fingerprint density at radius 2 is 1.86 bits per heavy atom. The zero-order chi connectivity index (χ0) is 20.4. The van der Waals surface area contributed by atoms with Gasteiger partial charge in [-0.1, -0.05) is 30.3 Å². The maximum atomic E-state index is 12.8. The summed E-state index contributed by atoms with van der Waals surface area (Å²) >= 11 is 0. The summed E-state index contributed by atoms with van der Waals surface area (Å²) in [6, 6.07) is 14.1. The summed E-state index contributed by atoms with van der Waals surface area (Å²) in [6.45, 7) is 1.45. The minimum absolute atomic E-state index is 0.00543. The van der Waals surface area contributed by atoms with Gasteiger partial charge in [-0.15, -0.1) is 0 Å². The number of ether oxygens (including phenoxy) is 2. The number of para-hydroxylation sites is 1. The number of carbonyl (C=O) groups excluding carboxylic acids is 1. The quantitative estimate of drug-likeness (QED) is 0.600. The Kier molecular flexibility index (Phi) is 5.40. The van der Waals surface area contributed by atoms with Crippen LogP contribution in [0.25, 0.3) is 10.9 Å². The van der Waals surface area contributed by atoms with Crippen molar-refractivity contribution in [1.29, 1.82) is 0 Å². The highest BCUT2D eigenvalue weighted by molar-refractivity contribution is 7.89. The standard InChI is InChI=1S/C21H22N2O5S/c1-22-14-19(18-7-2-3-8-20(18)22)21(24)28-15-16-5-4-6-17(13-16)29(25,26)23-9-11-27-12-10-23/h2-8,13-14H,9-12,15H2,1H3. The van der Waals surface area contributed by atoms with E-state index in [9.17, 15) is 13.2 Å². The van der Waals surface area contributed by atoms with E-state index in [1.54, 1.807) is 30.5 Å². The van der Waals surface area contributed by atoms with Crippen molar-refractivity contribution in [1.82, 2.24) is 8.87 Å². The second-order valence-corrected chi connectivity index (χ2v) is 8.85. The number of hydrogen-bond donors (Lipinski definition) is 0. The molecule has 8 heteroatoms. The Labute approximate surface area is 169 Å². The molecule has 7 nitrogen and oxygen atoms in total. The molecule has 1 aromatic heterocycles. The predicted molar refractivity (Wildman–Crippen MR) is 108 cm³/mol. The molecule has 1 saturated heterocycles. The Hall–Kier alpha value is -2.68. The summed E-state index contributed by atoms with van der Waals surface area (Å²) in [4.78, 5) is 12.8. The molecule has 0 radical (unpaired) electrons. The van der Waals surface area contributed by atoms with E-state index in [0.29, 0.717) is 37.4 Å². The fourth-order valence-corrected chi connectivity index (χ4v) is 4.94. The average Bonchev–Trinajstić information content (AvgIpc) is 3.10. The fourth-order valence-electron chi connectivity index (χ4n) is 3.46. The first-order valence-corrected chi connectivity index (χ1v) is 10.8. The summed E-state index contributed by atoms with van der Waals surface area (Å²) in [5.41, 5.74) is 2.05. The van der Waals surface area contributed by atoms with Crippen molar-refractivity contribution in [3.63, 3.8) is 0 Å². The third-order valence-electron chi connectivity index (χ3n) is 4.99. The number of benzene rings is 2. The SMILES string of the molecule is Cn1cc(C(=O)OCc2cccc(S(=O)(=O)N3CCOCC3)c2)c2ccccc21. The largest absolute Gasteiger partial charge is 0.457 e. The van der Waals surface area contributed by atoms with E-state index in [2.05, 4.69) is 0 Å². The number of sulfonamides is 1. The van der Waals surface area contributed by atoms with Crippen LogP contribution in [0.15, 0.2) is 59.6 Å². The molecule has 1 fully saturated rings. The molecule has 0 unspecified atom stereocenters. The van der Waals surface area contributed by atoms with Gasteiger partial charge in [0, 0.05) is 37.2 Å². The van der Waals surface area contributed by atoms with Crippen molar-refractivity contribution in [2.75, 3.05) is 26.3 Å². The summed E-state index contributed by atoms with van der Waals surface area (Å²) in [6.07, 6.45) is 1.74. The average molecular weight is 414 g/mol. The molecule has 152 valence electrons. The van der Waals surface area contributed by atoms with E-state index in [1.165, 1.54) is 4.31 Å². The van der Waals surface area contributed by atoms with Gasteiger partial charge in [-0.25, -0.2) is 13.2 Å². The molecule has 0 atom stereocenters. The number of aromatic nitrogens is 1. The first-order valence-electron chi connectivity index (χ1n) is 9.35. The van der Waals surface area contributed by atoms with Gasteiger partial charge in [0.1, 0.15) is 6.61 Å².